The highest BCUT2D eigenvalue weighted by Gasteiger charge is 2.40. The Kier molecular flexibility index (Phi) is 4.22. The summed E-state index contributed by atoms with van der Waals surface area (Å²) in [6.07, 6.45) is 4.32. The number of benzene rings is 1. The molecule has 4 nitrogen and oxygen atoms in total. The van der Waals surface area contributed by atoms with Gasteiger partial charge in [0.25, 0.3) is 0 Å². The maximum absolute atomic E-state index is 12.8. The Labute approximate surface area is 124 Å². The van der Waals surface area contributed by atoms with Gasteiger partial charge in [-0.05, 0) is 43.4 Å². The van der Waals surface area contributed by atoms with Gasteiger partial charge in [0, 0.05) is 24.7 Å². The monoisotopic (exact) mass is 291 g/mol. The molecule has 2 bridgehead atoms. The largest absolute Gasteiger partial charge is 0.351 e. The van der Waals surface area contributed by atoms with E-state index in [4.69, 9.17) is 5.73 Å². The van der Waals surface area contributed by atoms with E-state index < -0.39 is 0 Å². The minimum absolute atomic E-state index is 0.0340. The third kappa shape index (κ3) is 3.41. The van der Waals surface area contributed by atoms with Gasteiger partial charge in [-0.25, -0.2) is 4.39 Å². The van der Waals surface area contributed by atoms with E-state index in [1.165, 1.54) is 12.1 Å². The normalized spacial score (nSPS) is 28.6. The van der Waals surface area contributed by atoms with Gasteiger partial charge < -0.3 is 11.1 Å². The van der Waals surface area contributed by atoms with Gasteiger partial charge >= 0.3 is 0 Å². The molecular weight excluding hydrogens is 269 g/mol. The predicted molar refractivity (Wildman–Crippen MR) is 79.0 cm³/mol. The Morgan fingerprint density at radius 3 is 2.48 bits per heavy atom. The Morgan fingerprint density at radius 1 is 1.24 bits per heavy atom. The number of hydrogen-bond donors (Lipinski definition) is 2. The topological polar surface area (TPSA) is 58.4 Å². The summed E-state index contributed by atoms with van der Waals surface area (Å²) in [6.45, 7) is 0.894. The van der Waals surface area contributed by atoms with E-state index in [0.29, 0.717) is 31.2 Å². The van der Waals surface area contributed by atoms with Crippen molar-refractivity contribution in [3.05, 3.63) is 35.6 Å². The van der Waals surface area contributed by atoms with Gasteiger partial charge in [0.05, 0.1) is 6.54 Å². The first-order chi connectivity index (χ1) is 10.1. The number of amides is 1. The summed E-state index contributed by atoms with van der Waals surface area (Å²) < 4.78 is 12.8. The Balaban J connectivity index is 1.49. The number of piperidine rings is 1. The second-order valence-corrected chi connectivity index (χ2v) is 6.19. The molecule has 2 heterocycles. The van der Waals surface area contributed by atoms with Crippen LogP contribution >= 0.6 is 0 Å². The van der Waals surface area contributed by atoms with Crippen molar-refractivity contribution >= 4 is 5.91 Å². The maximum atomic E-state index is 12.8. The average Bonchev–Trinajstić information content (AvgIpc) is 2.70. The van der Waals surface area contributed by atoms with Gasteiger partial charge in [-0.2, -0.15) is 0 Å². The van der Waals surface area contributed by atoms with E-state index in [0.717, 1.165) is 31.2 Å². The van der Waals surface area contributed by atoms with Gasteiger partial charge in [-0.3, -0.25) is 9.69 Å². The number of halogens is 1. The second-order valence-electron chi connectivity index (χ2n) is 6.19. The van der Waals surface area contributed by atoms with E-state index >= 15 is 0 Å². The molecule has 2 fully saturated rings. The molecule has 2 unspecified atom stereocenters. The number of nitrogens with zero attached hydrogens (tertiary/aromatic N) is 1. The molecule has 21 heavy (non-hydrogen) atoms. The summed E-state index contributed by atoms with van der Waals surface area (Å²) in [5.41, 5.74) is 6.95. The molecule has 2 aliphatic rings. The van der Waals surface area contributed by atoms with Crippen LogP contribution in [0.5, 0.6) is 0 Å². The summed E-state index contributed by atoms with van der Waals surface area (Å²) in [7, 11) is 0. The van der Waals surface area contributed by atoms with Crippen LogP contribution in [0.3, 0.4) is 0 Å². The first-order valence-corrected chi connectivity index (χ1v) is 7.64. The molecule has 114 valence electrons. The van der Waals surface area contributed by atoms with Crippen molar-refractivity contribution < 1.29 is 9.18 Å². The van der Waals surface area contributed by atoms with Gasteiger partial charge in [0.1, 0.15) is 5.82 Å². The fourth-order valence-electron chi connectivity index (χ4n) is 3.60. The van der Waals surface area contributed by atoms with Gasteiger partial charge in [-0.1, -0.05) is 12.1 Å². The number of carbonyl (C=O) groups excluding carboxylic acids is 1. The molecular formula is C16H22FN3O. The van der Waals surface area contributed by atoms with Crippen molar-refractivity contribution in [2.75, 3.05) is 6.54 Å². The second kappa shape index (κ2) is 6.12. The van der Waals surface area contributed by atoms with Crippen LogP contribution in [0.4, 0.5) is 4.39 Å². The number of hydrogen-bond acceptors (Lipinski definition) is 3. The zero-order valence-corrected chi connectivity index (χ0v) is 12.1. The van der Waals surface area contributed by atoms with Crippen molar-refractivity contribution in [3.63, 3.8) is 0 Å². The van der Waals surface area contributed by atoms with Crippen LogP contribution in [0.25, 0.3) is 0 Å². The van der Waals surface area contributed by atoms with Crippen molar-refractivity contribution in [1.29, 1.82) is 0 Å². The highest BCUT2D eigenvalue weighted by atomic mass is 19.1. The molecule has 2 atom stereocenters. The molecule has 1 aromatic carbocycles. The minimum Gasteiger partial charge on any atom is -0.351 e. The van der Waals surface area contributed by atoms with Crippen LogP contribution in [-0.4, -0.2) is 35.5 Å². The lowest BCUT2D eigenvalue weighted by atomic mass is 9.98. The van der Waals surface area contributed by atoms with E-state index in [2.05, 4.69) is 10.2 Å². The Morgan fingerprint density at radius 2 is 1.86 bits per heavy atom. The molecule has 0 radical (unpaired) electrons. The number of carbonyl (C=O) groups is 1. The van der Waals surface area contributed by atoms with E-state index in [9.17, 15) is 9.18 Å². The van der Waals surface area contributed by atoms with E-state index in [1.807, 2.05) is 0 Å². The summed E-state index contributed by atoms with van der Waals surface area (Å²) in [5, 5.41) is 2.91. The molecule has 0 saturated carbocycles. The zero-order valence-electron chi connectivity index (χ0n) is 12.1. The van der Waals surface area contributed by atoms with Crippen molar-refractivity contribution in [3.8, 4) is 0 Å². The van der Waals surface area contributed by atoms with Crippen molar-refractivity contribution in [2.45, 2.75) is 50.4 Å². The quantitative estimate of drug-likeness (QED) is 0.881. The number of fused-ring (bicyclic) bond motifs is 2. The van der Waals surface area contributed by atoms with Crippen LogP contribution in [0, 0.1) is 5.82 Å². The molecule has 0 aromatic heterocycles. The molecule has 2 aliphatic heterocycles. The third-order valence-corrected chi connectivity index (χ3v) is 4.65. The van der Waals surface area contributed by atoms with Crippen molar-refractivity contribution in [2.24, 2.45) is 5.73 Å². The highest BCUT2D eigenvalue weighted by molar-refractivity contribution is 5.78. The first kappa shape index (κ1) is 14.5. The minimum atomic E-state index is -0.258. The highest BCUT2D eigenvalue weighted by Crippen LogP contribution is 2.34. The maximum Gasteiger partial charge on any atom is 0.234 e. The van der Waals surface area contributed by atoms with E-state index in [1.54, 1.807) is 12.1 Å². The van der Waals surface area contributed by atoms with Crippen LogP contribution in [0.2, 0.25) is 0 Å². The Bertz CT molecular complexity index is 491. The number of nitrogens with two attached hydrogens (primary N) is 1. The summed E-state index contributed by atoms with van der Waals surface area (Å²) >= 11 is 0. The van der Waals surface area contributed by atoms with E-state index in [-0.39, 0.29) is 11.7 Å². The van der Waals surface area contributed by atoms with Crippen LogP contribution < -0.4 is 11.1 Å². The predicted octanol–water partition coefficient (Wildman–Crippen LogP) is 1.40. The van der Waals surface area contributed by atoms with Gasteiger partial charge in [0.2, 0.25) is 5.91 Å². The standard InChI is InChI=1S/C16H22FN3O/c17-12-3-1-11(2-4-12)9-19-16(21)10-20-14-5-6-15(20)8-13(18)7-14/h1-4,13-15H,5-10,18H2,(H,19,21). The van der Waals surface area contributed by atoms with Crippen molar-refractivity contribution in [1.82, 2.24) is 10.2 Å². The smallest absolute Gasteiger partial charge is 0.234 e. The molecule has 0 spiro atoms. The van der Waals surface area contributed by atoms with Gasteiger partial charge in [-0.15, -0.1) is 0 Å². The number of nitrogens with one attached hydrogen (secondary N) is 1. The van der Waals surface area contributed by atoms with Crippen LogP contribution in [0.1, 0.15) is 31.2 Å². The lowest BCUT2D eigenvalue weighted by Gasteiger charge is -2.37. The third-order valence-electron chi connectivity index (χ3n) is 4.65. The lowest BCUT2D eigenvalue weighted by molar-refractivity contribution is -0.123. The summed E-state index contributed by atoms with van der Waals surface area (Å²) in [4.78, 5) is 14.4. The first-order valence-electron chi connectivity index (χ1n) is 7.64. The lowest BCUT2D eigenvalue weighted by Crippen LogP contribution is -2.50. The summed E-state index contributed by atoms with van der Waals surface area (Å²) in [6, 6.07) is 7.44. The summed E-state index contributed by atoms with van der Waals surface area (Å²) in [5.74, 6) is -0.224. The van der Waals surface area contributed by atoms with Crippen LogP contribution in [-0.2, 0) is 11.3 Å². The Hall–Kier alpha value is -1.46. The molecule has 2 saturated heterocycles. The molecule has 3 N–H and O–H groups in total. The fraction of sp³-hybridized carbons (Fsp3) is 0.562. The average molecular weight is 291 g/mol. The molecule has 0 aliphatic carbocycles. The fourth-order valence-corrected chi connectivity index (χ4v) is 3.60. The SMILES string of the molecule is NC1CC2CCC(C1)N2CC(=O)NCc1ccc(F)cc1. The molecule has 3 rings (SSSR count). The number of rotatable bonds is 4. The molecule has 5 heteroatoms. The zero-order chi connectivity index (χ0) is 14.8. The molecule has 1 amide bonds. The molecule has 1 aromatic rings. The van der Waals surface area contributed by atoms with Crippen LogP contribution in [0.15, 0.2) is 24.3 Å². The van der Waals surface area contributed by atoms with Gasteiger partial charge in [0.15, 0.2) is 0 Å².